The molecule has 1 fully saturated rings. The SMILES string of the molecule is CCC(C)(C)C(=O)C(=O)N1CCCC1C(C)=O.CCCC(c1ccccc1)c1ccccc1. The molecule has 33 heavy (non-hydrogen) atoms. The fourth-order valence-corrected chi connectivity index (χ4v) is 4.20. The highest BCUT2D eigenvalue weighted by Gasteiger charge is 2.39. The van der Waals surface area contributed by atoms with Crippen molar-refractivity contribution in [2.45, 2.75) is 78.7 Å². The highest BCUT2D eigenvalue weighted by molar-refractivity contribution is 6.38. The van der Waals surface area contributed by atoms with Gasteiger partial charge < -0.3 is 4.90 Å². The van der Waals surface area contributed by atoms with Crippen molar-refractivity contribution in [1.82, 2.24) is 4.90 Å². The van der Waals surface area contributed by atoms with E-state index in [0.717, 1.165) is 6.42 Å². The van der Waals surface area contributed by atoms with Crippen molar-refractivity contribution in [2.24, 2.45) is 5.41 Å². The molecule has 3 rings (SSSR count). The Morgan fingerprint density at radius 1 is 0.939 bits per heavy atom. The van der Waals surface area contributed by atoms with Crippen LogP contribution < -0.4 is 0 Å². The van der Waals surface area contributed by atoms with E-state index in [1.54, 1.807) is 13.8 Å². The fourth-order valence-electron chi connectivity index (χ4n) is 4.20. The van der Waals surface area contributed by atoms with Crippen molar-refractivity contribution in [3.05, 3.63) is 71.8 Å². The molecule has 1 amide bonds. The highest BCUT2D eigenvalue weighted by Crippen LogP contribution is 2.29. The number of hydrogen-bond donors (Lipinski definition) is 0. The Morgan fingerprint density at radius 2 is 1.45 bits per heavy atom. The van der Waals surface area contributed by atoms with E-state index in [1.165, 1.54) is 35.8 Å². The summed E-state index contributed by atoms with van der Waals surface area (Å²) in [5, 5.41) is 0. The fraction of sp³-hybridized carbons (Fsp3) is 0.483. The van der Waals surface area contributed by atoms with Gasteiger partial charge in [-0.25, -0.2) is 0 Å². The summed E-state index contributed by atoms with van der Waals surface area (Å²) in [6.45, 7) is 9.68. The van der Waals surface area contributed by atoms with Crippen LogP contribution in [-0.4, -0.2) is 35.0 Å². The summed E-state index contributed by atoms with van der Waals surface area (Å²) in [4.78, 5) is 37.0. The van der Waals surface area contributed by atoms with Gasteiger partial charge in [0.05, 0.1) is 6.04 Å². The number of carbonyl (C=O) groups is 3. The number of ketones is 2. The number of likely N-dealkylation sites (tertiary alicyclic amines) is 1. The van der Waals surface area contributed by atoms with Gasteiger partial charge in [-0.1, -0.05) is 94.8 Å². The van der Waals surface area contributed by atoms with Crippen LogP contribution in [0.4, 0.5) is 0 Å². The van der Waals surface area contributed by atoms with E-state index >= 15 is 0 Å². The molecular formula is C29H39NO3. The van der Waals surface area contributed by atoms with Crippen molar-refractivity contribution in [3.8, 4) is 0 Å². The van der Waals surface area contributed by atoms with E-state index in [4.69, 9.17) is 0 Å². The molecule has 1 saturated heterocycles. The number of carbonyl (C=O) groups excluding carboxylic acids is 3. The second-order valence-electron chi connectivity index (χ2n) is 9.50. The molecule has 1 aliphatic rings. The molecule has 2 aromatic rings. The number of benzene rings is 2. The zero-order chi connectivity index (χ0) is 24.4. The number of nitrogens with zero attached hydrogens (tertiary/aromatic N) is 1. The maximum Gasteiger partial charge on any atom is 0.291 e. The monoisotopic (exact) mass is 449 g/mol. The van der Waals surface area contributed by atoms with E-state index in [9.17, 15) is 14.4 Å². The van der Waals surface area contributed by atoms with Gasteiger partial charge in [-0.3, -0.25) is 14.4 Å². The summed E-state index contributed by atoms with van der Waals surface area (Å²) >= 11 is 0. The molecule has 2 aromatic carbocycles. The van der Waals surface area contributed by atoms with E-state index in [2.05, 4.69) is 67.6 Å². The van der Waals surface area contributed by atoms with Gasteiger partial charge in [-0.15, -0.1) is 0 Å². The molecule has 0 N–H and O–H groups in total. The third kappa shape index (κ3) is 7.12. The number of amides is 1. The molecule has 1 unspecified atom stereocenters. The van der Waals surface area contributed by atoms with Gasteiger partial charge in [0.25, 0.3) is 5.91 Å². The van der Waals surface area contributed by atoms with E-state index in [0.29, 0.717) is 25.3 Å². The number of Topliss-reactive ketones (excluding diaryl/α,β-unsaturated/α-hetero) is 2. The van der Waals surface area contributed by atoms with Gasteiger partial charge in [-0.2, -0.15) is 0 Å². The van der Waals surface area contributed by atoms with Crippen LogP contribution in [0.25, 0.3) is 0 Å². The second kappa shape index (κ2) is 12.5. The Balaban J connectivity index is 0.000000234. The average molecular weight is 450 g/mol. The Labute approximate surface area is 199 Å². The van der Waals surface area contributed by atoms with Gasteiger partial charge in [0.1, 0.15) is 0 Å². The molecule has 1 heterocycles. The van der Waals surface area contributed by atoms with Crippen LogP contribution in [0, 0.1) is 5.41 Å². The summed E-state index contributed by atoms with van der Waals surface area (Å²) in [5.74, 6) is -0.354. The standard InChI is InChI=1S/C16H18.C13H21NO3/c1-2-9-16(14-10-5-3-6-11-14)15-12-7-4-8-13-15;1-5-13(3,4)11(16)12(17)14-8-6-7-10(14)9(2)15/h3-8,10-13,16H,2,9H2,1H3;10H,5-8H2,1-4H3. The van der Waals surface area contributed by atoms with Crippen molar-refractivity contribution >= 4 is 17.5 Å². The molecule has 0 aromatic heterocycles. The molecule has 0 radical (unpaired) electrons. The van der Waals surface area contributed by atoms with Crippen LogP contribution in [0.15, 0.2) is 60.7 Å². The van der Waals surface area contributed by atoms with Crippen LogP contribution in [0.1, 0.15) is 83.8 Å². The average Bonchev–Trinajstić information content (AvgIpc) is 3.33. The highest BCUT2D eigenvalue weighted by atomic mass is 16.2. The lowest BCUT2D eigenvalue weighted by molar-refractivity contribution is -0.151. The lowest BCUT2D eigenvalue weighted by Crippen LogP contribution is -2.46. The smallest absolute Gasteiger partial charge is 0.291 e. The Kier molecular flexibility index (Phi) is 10.0. The van der Waals surface area contributed by atoms with Crippen LogP contribution >= 0.6 is 0 Å². The maximum atomic E-state index is 12.1. The first kappa shape index (κ1) is 26.5. The molecule has 0 spiro atoms. The molecule has 1 atom stereocenters. The molecule has 4 nitrogen and oxygen atoms in total. The lowest BCUT2D eigenvalue weighted by atomic mass is 9.84. The minimum Gasteiger partial charge on any atom is -0.326 e. The van der Waals surface area contributed by atoms with Crippen molar-refractivity contribution in [2.75, 3.05) is 6.54 Å². The summed E-state index contributed by atoms with van der Waals surface area (Å²) in [7, 11) is 0. The Morgan fingerprint density at radius 3 is 1.88 bits per heavy atom. The largest absolute Gasteiger partial charge is 0.326 e. The van der Waals surface area contributed by atoms with Crippen LogP contribution in [-0.2, 0) is 14.4 Å². The number of rotatable bonds is 8. The van der Waals surface area contributed by atoms with E-state index < -0.39 is 11.3 Å². The minimum absolute atomic E-state index is 0.0297. The van der Waals surface area contributed by atoms with Gasteiger partial charge in [-0.05, 0) is 43.7 Å². The van der Waals surface area contributed by atoms with Gasteiger partial charge in [0.15, 0.2) is 5.78 Å². The van der Waals surface area contributed by atoms with Crippen LogP contribution in [0.3, 0.4) is 0 Å². The minimum atomic E-state index is -0.638. The Hall–Kier alpha value is -2.75. The maximum absolute atomic E-state index is 12.1. The summed E-state index contributed by atoms with van der Waals surface area (Å²) in [5.41, 5.74) is 2.21. The first-order valence-electron chi connectivity index (χ1n) is 12.2. The molecule has 178 valence electrons. The quantitative estimate of drug-likeness (QED) is 0.452. The third-order valence-electron chi connectivity index (χ3n) is 6.66. The molecular weight excluding hydrogens is 410 g/mol. The molecule has 0 aliphatic carbocycles. The van der Waals surface area contributed by atoms with E-state index in [-0.39, 0.29) is 17.6 Å². The third-order valence-corrected chi connectivity index (χ3v) is 6.66. The summed E-state index contributed by atoms with van der Waals surface area (Å²) in [6.07, 6.45) is 4.54. The predicted octanol–water partition coefficient (Wildman–Crippen LogP) is 6.19. The zero-order valence-corrected chi connectivity index (χ0v) is 20.8. The molecule has 0 saturated carbocycles. The van der Waals surface area contributed by atoms with Crippen molar-refractivity contribution in [3.63, 3.8) is 0 Å². The zero-order valence-electron chi connectivity index (χ0n) is 20.8. The normalized spacial score (nSPS) is 15.7. The summed E-state index contributed by atoms with van der Waals surface area (Å²) < 4.78 is 0. The van der Waals surface area contributed by atoms with Crippen molar-refractivity contribution < 1.29 is 14.4 Å². The summed E-state index contributed by atoms with van der Waals surface area (Å²) in [6, 6.07) is 21.2. The predicted molar refractivity (Wildman–Crippen MR) is 134 cm³/mol. The van der Waals surface area contributed by atoms with E-state index in [1.807, 2.05) is 6.92 Å². The first-order chi connectivity index (χ1) is 15.7. The molecule has 0 bridgehead atoms. The van der Waals surface area contributed by atoms with Gasteiger partial charge >= 0.3 is 0 Å². The van der Waals surface area contributed by atoms with Gasteiger partial charge in [0, 0.05) is 17.9 Å². The Bertz CT molecular complexity index is 865. The number of hydrogen-bond acceptors (Lipinski definition) is 3. The lowest BCUT2D eigenvalue weighted by Gasteiger charge is -2.27. The van der Waals surface area contributed by atoms with Crippen LogP contribution in [0.2, 0.25) is 0 Å². The topological polar surface area (TPSA) is 54.5 Å². The molecule has 1 aliphatic heterocycles. The van der Waals surface area contributed by atoms with Crippen molar-refractivity contribution in [1.29, 1.82) is 0 Å². The molecule has 4 heteroatoms. The van der Waals surface area contributed by atoms with Crippen LogP contribution in [0.5, 0.6) is 0 Å². The first-order valence-corrected chi connectivity index (χ1v) is 12.2. The van der Waals surface area contributed by atoms with Gasteiger partial charge in [0.2, 0.25) is 5.78 Å². The second-order valence-corrected chi connectivity index (χ2v) is 9.50.